The molecule has 0 saturated carbocycles. The number of aliphatic hydroxyl groups is 1. The summed E-state index contributed by atoms with van der Waals surface area (Å²) < 4.78 is 5.86. The Balaban J connectivity index is 1.90. The van der Waals surface area contributed by atoms with Gasteiger partial charge in [0.2, 0.25) is 0 Å². The van der Waals surface area contributed by atoms with Crippen molar-refractivity contribution >= 4 is 0 Å². The fourth-order valence-corrected chi connectivity index (χ4v) is 3.15. The zero-order chi connectivity index (χ0) is 15.2. The van der Waals surface area contributed by atoms with Gasteiger partial charge in [-0.3, -0.25) is 4.90 Å². The lowest BCUT2D eigenvalue weighted by Crippen LogP contribution is -2.41. The van der Waals surface area contributed by atoms with Crippen molar-refractivity contribution in [3.05, 3.63) is 34.9 Å². The van der Waals surface area contributed by atoms with Crippen molar-refractivity contribution in [2.75, 3.05) is 26.2 Å². The summed E-state index contributed by atoms with van der Waals surface area (Å²) in [5, 5.41) is 10.5. The maximum Gasteiger partial charge on any atom is 0.0917 e. The number of aryl methyl sites for hydroxylation is 2. The quantitative estimate of drug-likeness (QED) is 0.873. The van der Waals surface area contributed by atoms with E-state index in [0.29, 0.717) is 12.6 Å². The number of aliphatic hydroxyl groups excluding tert-OH is 1. The van der Waals surface area contributed by atoms with E-state index in [1.165, 1.54) is 11.1 Å². The molecule has 2 atom stereocenters. The van der Waals surface area contributed by atoms with Gasteiger partial charge in [0.15, 0.2) is 0 Å². The minimum atomic E-state index is -0.409. The minimum absolute atomic E-state index is 0.338. The van der Waals surface area contributed by atoms with E-state index < -0.39 is 6.10 Å². The molecule has 0 aliphatic carbocycles. The van der Waals surface area contributed by atoms with Crippen molar-refractivity contribution in [3.63, 3.8) is 0 Å². The van der Waals surface area contributed by atoms with Crippen LogP contribution in [0.3, 0.4) is 0 Å². The molecule has 2 unspecified atom stereocenters. The average molecular weight is 291 g/mol. The molecule has 1 saturated heterocycles. The van der Waals surface area contributed by atoms with Crippen molar-refractivity contribution < 1.29 is 9.84 Å². The van der Waals surface area contributed by atoms with Gasteiger partial charge in [0.1, 0.15) is 0 Å². The van der Waals surface area contributed by atoms with Gasteiger partial charge in [-0.1, -0.05) is 36.2 Å². The molecule has 0 spiro atoms. The van der Waals surface area contributed by atoms with E-state index >= 15 is 0 Å². The predicted molar refractivity (Wildman–Crippen MR) is 86.6 cm³/mol. The standard InChI is InChI=1S/C18H29NO2/c1-4-8-21-17-6-5-7-19(12-17)13-18(20)16-10-14(2)9-15(3)11-16/h9-11,17-18,20H,4-8,12-13H2,1-3H3. The normalized spacial score (nSPS) is 21.4. The molecule has 1 heterocycles. The van der Waals surface area contributed by atoms with Crippen molar-refractivity contribution in [2.45, 2.75) is 52.2 Å². The lowest BCUT2D eigenvalue weighted by atomic mass is 10.0. The third kappa shape index (κ3) is 5.10. The maximum absolute atomic E-state index is 10.5. The summed E-state index contributed by atoms with van der Waals surface area (Å²) >= 11 is 0. The highest BCUT2D eigenvalue weighted by Crippen LogP contribution is 2.21. The Morgan fingerprint density at radius 2 is 2.00 bits per heavy atom. The Bertz CT molecular complexity index is 427. The first kappa shape index (κ1) is 16.5. The molecular formula is C18H29NO2. The molecular weight excluding hydrogens is 262 g/mol. The van der Waals surface area contributed by atoms with Crippen LogP contribution in [0.1, 0.15) is 49.0 Å². The lowest BCUT2D eigenvalue weighted by molar-refractivity contribution is -0.0119. The van der Waals surface area contributed by atoms with Crippen LogP contribution < -0.4 is 0 Å². The minimum Gasteiger partial charge on any atom is -0.387 e. The number of ether oxygens (including phenoxy) is 1. The van der Waals surface area contributed by atoms with Crippen LogP contribution in [-0.2, 0) is 4.74 Å². The molecule has 0 bridgehead atoms. The Morgan fingerprint density at radius 3 is 2.67 bits per heavy atom. The molecule has 3 nitrogen and oxygen atoms in total. The molecule has 1 aromatic rings. The topological polar surface area (TPSA) is 32.7 Å². The third-order valence-corrected chi connectivity index (χ3v) is 4.08. The van der Waals surface area contributed by atoms with Gasteiger partial charge in [-0.2, -0.15) is 0 Å². The van der Waals surface area contributed by atoms with Gasteiger partial charge < -0.3 is 9.84 Å². The second-order valence-electron chi connectivity index (χ2n) is 6.33. The molecule has 0 aromatic heterocycles. The summed E-state index contributed by atoms with van der Waals surface area (Å²) in [5.41, 5.74) is 3.46. The van der Waals surface area contributed by atoms with E-state index in [-0.39, 0.29) is 0 Å². The summed E-state index contributed by atoms with van der Waals surface area (Å²) in [6.45, 7) is 9.87. The molecule has 2 rings (SSSR count). The van der Waals surface area contributed by atoms with Crippen LogP contribution >= 0.6 is 0 Å². The number of benzene rings is 1. The number of hydrogen-bond acceptors (Lipinski definition) is 3. The molecule has 3 heteroatoms. The summed E-state index contributed by atoms with van der Waals surface area (Å²) in [5.74, 6) is 0. The van der Waals surface area contributed by atoms with Crippen LogP contribution in [0.25, 0.3) is 0 Å². The Hall–Kier alpha value is -0.900. The molecule has 118 valence electrons. The number of hydrogen-bond donors (Lipinski definition) is 1. The first-order valence-corrected chi connectivity index (χ1v) is 8.18. The SMILES string of the molecule is CCCOC1CCCN(CC(O)c2cc(C)cc(C)c2)C1. The maximum atomic E-state index is 10.5. The first-order valence-electron chi connectivity index (χ1n) is 8.18. The molecule has 1 N–H and O–H groups in total. The molecule has 0 radical (unpaired) electrons. The summed E-state index contributed by atoms with van der Waals surface area (Å²) in [6.07, 6.45) is 3.31. The smallest absolute Gasteiger partial charge is 0.0917 e. The number of nitrogens with zero attached hydrogens (tertiary/aromatic N) is 1. The van der Waals surface area contributed by atoms with Gasteiger partial charge in [0.25, 0.3) is 0 Å². The van der Waals surface area contributed by atoms with Gasteiger partial charge >= 0.3 is 0 Å². The summed E-state index contributed by atoms with van der Waals surface area (Å²) in [6, 6.07) is 6.32. The zero-order valence-corrected chi connectivity index (χ0v) is 13.6. The Labute approximate surface area is 128 Å². The number of likely N-dealkylation sites (tertiary alicyclic amines) is 1. The van der Waals surface area contributed by atoms with Crippen LogP contribution in [0, 0.1) is 13.8 Å². The predicted octanol–water partition coefficient (Wildman–Crippen LogP) is 3.23. The van der Waals surface area contributed by atoms with Gasteiger partial charge in [-0.15, -0.1) is 0 Å². The van der Waals surface area contributed by atoms with E-state index in [4.69, 9.17) is 4.74 Å². The highest BCUT2D eigenvalue weighted by atomic mass is 16.5. The first-order chi connectivity index (χ1) is 10.1. The summed E-state index contributed by atoms with van der Waals surface area (Å²) in [7, 11) is 0. The largest absolute Gasteiger partial charge is 0.387 e. The molecule has 1 aromatic carbocycles. The van der Waals surface area contributed by atoms with E-state index in [2.05, 4.69) is 43.9 Å². The molecule has 21 heavy (non-hydrogen) atoms. The molecule has 1 fully saturated rings. The van der Waals surface area contributed by atoms with Crippen molar-refractivity contribution in [1.29, 1.82) is 0 Å². The second-order valence-corrected chi connectivity index (χ2v) is 6.33. The van der Waals surface area contributed by atoms with Gasteiger partial charge in [0, 0.05) is 19.7 Å². The van der Waals surface area contributed by atoms with Crippen molar-refractivity contribution in [2.24, 2.45) is 0 Å². The van der Waals surface area contributed by atoms with Gasteiger partial charge in [-0.05, 0) is 45.2 Å². The second kappa shape index (κ2) is 7.92. The van der Waals surface area contributed by atoms with E-state index in [0.717, 1.165) is 44.5 Å². The lowest BCUT2D eigenvalue weighted by Gasteiger charge is -2.34. The zero-order valence-electron chi connectivity index (χ0n) is 13.6. The van der Waals surface area contributed by atoms with Crippen LogP contribution in [0.5, 0.6) is 0 Å². The number of β-amino-alcohol motifs (C(OH)–C–C–N with tert-alkyl or cyclic N) is 1. The van der Waals surface area contributed by atoms with Gasteiger partial charge in [0.05, 0.1) is 12.2 Å². The molecule has 1 aliphatic rings. The van der Waals surface area contributed by atoms with E-state index in [9.17, 15) is 5.11 Å². The fraction of sp³-hybridized carbons (Fsp3) is 0.667. The fourth-order valence-electron chi connectivity index (χ4n) is 3.15. The van der Waals surface area contributed by atoms with Crippen LogP contribution in [0.15, 0.2) is 18.2 Å². The monoisotopic (exact) mass is 291 g/mol. The Morgan fingerprint density at radius 1 is 1.29 bits per heavy atom. The Kier molecular flexibility index (Phi) is 6.22. The van der Waals surface area contributed by atoms with Crippen LogP contribution in [0.4, 0.5) is 0 Å². The highest BCUT2D eigenvalue weighted by molar-refractivity contribution is 5.30. The van der Waals surface area contributed by atoms with Crippen LogP contribution in [-0.4, -0.2) is 42.4 Å². The molecule has 1 aliphatic heterocycles. The number of piperidine rings is 1. The van der Waals surface area contributed by atoms with E-state index in [1.807, 2.05) is 0 Å². The van der Waals surface area contributed by atoms with E-state index in [1.54, 1.807) is 0 Å². The average Bonchev–Trinajstić information content (AvgIpc) is 2.44. The van der Waals surface area contributed by atoms with Crippen molar-refractivity contribution in [3.8, 4) is 0 Å². The molecule has 0 amide bonds. The van der Waals surface area contributed by atoms with Gasteiger partial charge in [-0.25, -0.2) is 0 Å². The van der Waals surface area contributed by atoms with Crippen molar-refractivity contribution in [1.82, 2.24) is 4.90 Å². The highest BCUT2D eigenvalue weighted by Gasteiger charge is 2.22. The third-order valence-electron chi connectivity index (χ3n) is 4.08. The summed E-state index contributed by atoms with van der Waals surface area (Å²) in [4.78, 5) is 2.34. The van der Waals surface area contributed by atoms with Crippen LogP contribution in [0.2, 0.25) is 0 Å². The number of rotatable bonds is 6.